The van der Waals surface area contributed by atoms with Gasteiger partial charge in [-0.2, -0.15) is 4.98 Å². The molecule has 1 aliphatic heterocycles. The maximum absolute atomic E-state index is 5.24. The highest BCUT2D eigenvalue weighted by Crippen LogP contribution is 2.22. The summed E-state index contributed by atoms with van der Waals surface area (Å²) in [6, 6.07) is 3.78. The first-order valence-corrected chi connectivity index (χ1v) is 6.17. The molecule has 1 saturated heterocycles. The Kier molecular flexibility index (Phi) is 3.12. The highest BCUT2D eigenvalue weighted by molar-refractivity contribution is 5.42. The fourth-order valence-corrected chi connectivity index (χ4v) is 2.14. The monoisotopic (exact) mass is 248 g/mol. The zero-order valence-corrected chi connectivity index (χ0v) is 10.3. The number of nitrogens with zero attached hydrogens (tertiary/aromatic N) is 3. The third-order valence-electron chi connectivity index (χ3n) is 3.25. The van der Waals surface area contributed by atoms with Gasteiger partial charge in [-0.25, -0.2) is 0 Å². The maximum Gasteiger partial charge on any atom is 0.293 e. The number of hydrogen-bond donors (Lipinski definition) is 1. The van der Waals surface area contributed by atoms with Gasteiger partial charge in [0.1, 0.15) is 0 Å². The van der Waals surface area contributed by atoms with Crippen LogP contribution in [0, 0.1) is 0 Å². The maximum atomic E-state index is 5.24. The van der Waals surface area contributed by atoms with E-state index in [-0.39, 0.29) is 6.04 Å². The molecule has 0 radical (unpaired) electrons. The van der Waals surface area contributed by atoms with Crippen molar-refractivity contribution in [2.75, 3.05) is 26.2 Å². The summed E-state index contributed by atoms with van der Waals surface area (Å²) in [5.41, 5.74) is 0. The van der Waals surface area contributed by atoms with Crippen LogP contribution in [-0.2, 0) is 0 Å². The Hall–Kier alpha value is -1.66. The van der Waals surface area contributed by atoms with Gasteiger partial charge in [-0.3, -0.25) is 4.90 Å². The van der Waals surface area contributed by atoms with Crippen LogP contribution in [0.5, 0.6) is 0 Å². The minimum absolute atomic E-state index is 0.166. The molecule has 1 unspecified atom stereocenters. The van der Waals surface area contributed by atoms with Crippen LogP contribution in [0.3, 0.4) is 0 Å². The number of rotatable bonds is 3. The second kappa shape index (κ2) is 4.91. The molecule has 3 rings (SSSR count). The predicted molar refractivity (Wildman–Crippen MR) is 64.9 cm³/mol. The zero-order valence-electron chi connectivity index (χ0n) is 10.3. The van der Waals surface area contributed by atoms with E-state index in [4.69, 9.17) is 8.94 Å². The quantitative estimate of drug-likeness (QED) is 0.883. The molecule has 3 heterocycles. The van der Waals surface area contributed by atoms with Gasteiger partial charge >= 0.3 is 0 Å². The third kappa shape index (κ3) is 2.16. The van der Waals surface area contributed by atoms with Crippen LogP contribution >= 0.6 is 0 Å². The molecule has 6 nitrogen and oxygen atoms in total. The van der Waals surface area contributed by atoms with Crippen LogP contribution in [0.15, 0.2) is 27.3 Å². The Morgan fingerprint density at radius 2 is 2.22 bits per heavy atom. The molecule has 0 saturated carbocycles. The highest BCUT2D eigenvalue weighted by Gasteiger charge is 2.23. The molecule has 18 heavy (non-hydrogen) atoms. The first kappa shape index (κ1) is 11.4. The lowest BCUT2D eigenvalue weighted by Crippen LogP contribution is -2.44. The molecule has 96 valence electrons. The highest BCUT2D eigenvalue weighted by atomic mass is 16.5. The standard InChI is InChI=1S/C12H16N4O2/c1-9(16-6-4-13-5-7-16)11-14-12(18-15-11)10-3-2-8-17-10/h2-3,8-9,13H,4-7H2,1H3. The van der Waals surface area contributed by atoms with Crippen molar-refractivity contribution in [2.45, 2.75) is 13.0 Å². The Morgan fingerprint density at radius 1 is 1.39 bits per heavy atom. The predicted octanol–water partition coefficient (Wildman–Crippen LogP) is 1.30. The van der Waals surface area contributed by atoms with Crippen molar-refractivity contribution in [3.63, 3.8) is 0 Å². The molecule has 0 bridgehead atoms. The molecule has 0 spiro atoms. The lowest BCUT2D eigenvalue weighted by Gasteiger charge is -2.30. The third-order valence-corrected chi connectivity index (χ3v) is 3.25. The smallest absolute Gasteiger partial charge is 0.293 e. The van der Waals surface area contributed by atoms with Crippen molar-refractivity contribution in [1.82, 2.24) is 20.4 Å². The number of aromatic nitrogens is 2. The fraction of sp³-hybridized carbons (Fsp3) is 0.500. The van der Waals surface area contributed by atoms with E-state index >= 15 is 0 Å². The van der Waals surface area contributed by atoms with E-state index in [1.54, 1.807) is 12.3 Å². The SMILES string of the molecule is CC(c1noc(-c2ccco2)n1)N1CCNCC1. The van der Waals surface area contributed by atoms with E-state index in [1.807, 2.05) is 6.07 Å². The van der Waals surface area contributed by atoms with Crippen LogP contribution < -0.4 is 5.32 Å². The molecule has 2 aromatic rings. The fourth-order valence-electron chi connectivity index (χ4n) is 2.14. The van der Waals surface area contributed by atoms with E-state index in [1.165, 1.54) is 0 Å². The summed E-state index contributed by atoms with van der Waals surface area (Å²) in [4.78, 5) is 6.73. The van der Waals surface area contributed by atoms with Crippen LogP contribution in [0.2, 0.25) is 0 Å². The van der Waals surface area contributed by atoms with Crippen molar-refractivity contribution in [1.29, 1.82) is 0 Å². The van der Waals surface area contributed by atoms with Crippen molar-refractivity contribution >= 4 is 0 Å². The minimum Gasteiger partial charge on any atom is -0.459 e. The molecule has 2 aromatic heterocycles. The summed E-state index contributed by atoms with van der Waals surface area (Å²) in [5.74, 6) is 1.77. The summed E-state index contributed by atoms with van der Waals surface area (Å²) >= 11 is 0. The van der Waals surface area contributed by atoms with E-state index in [0.717, 1.165) is 26.2 Å². The second-order valence-corrected chi connectivity index (χ2v) is 4.40. The van der Waals surface area contributed by atoms with Crippen LogP contribution in [0.1, 0.15) is 18.8 Å². The average molecular weight is 248 g/mol. The Balaban J connectivity index is 1.76. The molecular formula is C12H16N4O2. The van der Waals surface area contributed by atoms with Crippen LogP contribution in [0.25, 0.3) is 11.7 Å². The average Bonchev–Trinajstić information content (AvgIpc) is 3.09. The van der Waals surface area contributed by atoms with Gasteiger partial charge in [-0.05, 0) is 19.1 Å². The zero-order chi connectivity index (χ0) is 12.4. The van der Waals surface area contributed by atoms with E-state index in [0.29, 0.717) is 17.5 Å². The molecular weight excluding hydrogens is 232 g/mol. The van der Waals surface area contributed by atoms with Crippen molar-refractivity contribution < 1.29 is 8.94 Å². The number of furan rings is 1. The van der Waals surface area contributed by atoms with Gasteiger partial charge in [0, 0.05) is 26.2 Å². The van der Waals surface area contributed by atoms with E-state index in [2.05, 4.69) is 27.3 Å². The summed E-state index contributed by atoms with van der Waals surface area (Å²) in [6.07, 6.45) is 1.60. The van der Waals surface area contributed by atoms with Crippen molar-refractivity contribution in [3.05, 3.63) is 24.2 Å². The van der Waals surface area contributed by atoms with Gasteiger partial charge in [0.25, 0.3) is 5.89 Å². The lowest BCUT2D eigenvalue weighted by molar-refractivity contribution is 0.176. The van der Waals surface area contributed by atoms with Crippen LogP contribution in [0.4, 0.5) is 0 Å². The van der Waals surface area contributed by atoms with Gasteiger partial charge in [0.05, 0.1) is 12.3 Å². The summed E-state index contributed by atoms with van der Waals surface area (Å²) in [7, 11) is 0. The molecule has 0 aromatic carbocycles. The lowest BCUT2D eigenvalue weighted by atomic mass is 10.2. The molecule has 0 aliphatic carbocycles. The van der Waals surface area contributed by atoms with Gasteiger partial charge in [-0.15, -0.1) is 0 Å². The van der Waals surface area contributed by atoms with Crippen molar-refractivity contribution in [3.8, 4) is 11.7 Å². The van der Waals surface area contributed by atoms with Gasteiger partial charge < -0.3 is 14.3 Å². The molecule has 1 aliphatic rings. The van der Waals surface area contributed by atoms with E-state index in [9.17, 15) is 0 Å². The summed E-state index contributed by atoms with van der Waals surface area (Å²) in [6.45, 7) is 6.13. The van der Waals surface area contributed by atoms with Gasteiger partial charge in [-0.1, -0.05) is 5.16 Å². The largest absolute Gasteiger partial charge is 0.459 e. The Bertz CT molecular complexity index is 488. The summed E-state index contributed by atoms with van der Waals surface area (Å²) in [5, 5.41) is 7.37. The molecule has 1 fully saturated rings. The van der Waals surface area contributed by atoms with Crippen LogP contribution in [-0.4, -0.2) is 41.2 Å². The molecule has 1 N–H and O–H groups in total. The second-order valence-electron chi connectivity index (χ2n) is 4.40. The topological polar surface area (TPSA) is 67.3 Å². The first-order chi connectivity index (χ1) is 8.84. The normalized spacial score (nSPS) is 18.9. The Labute approximate surface area is 105 Å². The summed E-state index contributed by atoms with van der Waals surface area (Å²) < 4.78 is 10.5. The number of hydrogen-bond acceptors (Lipinski definition) is 6. The Morgan fingerprint density at radius 3 is 2.94 bits per heavy atom. The van der Waals surface area contributed by atoms with E-state index < -0.39 is 0 Å². The minimum atomic E-state index is 0.166. The first-order valence-electron chi connectivity index (χ1n) is 6.17. The van der Waals surface area contributed by atoms with Gasteiger partial charge in [0.2, 0.25) is 0 Å². The number of piperazine rings is 1. The molecule has 0 amide bonds. The van der Waals surface area contributed by atoms with Gasteiger partial charge in [0.15, 0.2) is 11.6 Å². The molecule has 6 heteroatoms. The van der Waals surface area contributed by atoms with Crippen molar-refractivity contribution in [2.24, 2.45) is 0 Å². The molecule has 1 atom stereocenters. The number of nitrogens with one attached hydrogen (secondary N) is 1.